The first kappa shape index (κ1) is 18.2. The molecule has 8 heteroatoms. The topological polar surface area (TPSA) is 49.4 Å². The lowest BCUT2D eigenvalue weighted by Crippen LogP contribution is -2.55. The van der Waals surface area contributed by atoms with Gasteiger partial charge in [-0.3, -0.25) is 0 Å². The van der Waals surface area contributed by atoms with Gasteiger partial charge in [-0.15, -0.1) is 12.4 Å². The SMILES string of the molecule is CC1CN(S(=O)(=O)c2cccc(Br)c2Cl)CC(C)N1.Cl. The van der Waals surface area contributed by atoms with Gasteiger partial charge in [0.2, 0.25) is 10.0 Å². The number of halogens is 3. The zero-order valence-corrected chi connectivity index (χ0v) is 15.1. The number of hydrogen-bond acceptors (Lipinski definition) is 3. The Morgan fingerprint density at radius 3 is 2.40 bits per heavy atom. The summed E-state index contributed by atoms with van der Waals surface area (Å²) in [5.41, 5.74) is 0. The van der Waals surface area contributed by atoms with E-state index >= 15 is 0 Å². The van der Waals surface area contributed by atoms with Gasteiger partial charge in [0.05, 0.1) is 5.02 Å². The molecule has 1 fully saturated rings. The molecule has 20 heavy (non-hydrogen) atoms. The fourth-order valence-corrected chi connectivity index (χ4v) is 4.92. The van der Waals surface area contributed by atoms with Crippen LogP contribution in [0.3, 0.4) is 0 Å². The van der Waals surface area contributed by atoms with Crippen molar-refractivity contribution in [2.45, 2.75) is 30.8 Å². The average molecular weight is 404 g/mol. The van der Waals surface area contributed by atoms with Crippen LogP contribution in [-0.4, -0.2) is 37.9 Å². The maximum Gasteiger partial charge on any atom is 0.244 e. The van der Waals surface area contributed by atoms with E-state index in [1.165, 1.54) is 4.31 Å². The summed E-state index contributed by atoms with van der Waals surface area (Å²) < 4.78 is 27.4. The third-order valence-corrected chi connectivity index (χ3v) is 6.34. The minimum absolute atomic E-state index is 0. The second-order valence-electron chi connectivity index (χ2n) is 4.84. The monoisotopic (exact) mass is 402 g/mol. The molecule has 1 N–H and O–H groups in total. The van der Waals surface area contributed by atoms with Gasteiger partial charge < -0.3 is 5.32 Å². The van der Waals surface area contributed by atoms with Crippen LogP contribution in [0.25, 0.3) is 0 Å². The zero-order valence-electron chi connectivity index (χ0n) is 11.1. The van der Waals surface area contributed by atoms with Gasteiger partial charge in [0.25, 0.3) is 0 Å². The summed E-state index contributed by atoms with van der Waals surface area (Å²) in [5, 5.41) is 3.55. The van der Waals surface area contributed by atoms with E-state index in [4.69, 9.17) is 11.6 Å². The Morgan fingerprint density at radius 1 is 1.30 bits per heavy atom. The Morgan fingerprint density at radius 2 is 1.85 bits per heavy atom. The van der Waals surface area contributed by atoms with E-state index in [0.29, 0.717) is 17.6 Å². The highest BCUT2D eigenvalue weighted by Gasteiger charge is 2.32. The van der Waals surface area contributed by atoms with Crippen molar-refractivity contribution in [1.29, 1.82) is 0 Å². The summed E-state index contributed by atoms with van der Waals surface area (Å²) in [6, 6.07) is 5.20. The Hall–Kier alpha value is 0.150. The normalized spacial score (nSPS) is 24.2. The number of piperazine rings is 1. The predicted octanol–water partition coefficient (Wildman–Crippen LogP) is 2.90. The molecule has 1 saturated heterocycles. The number of hydrogen-bond donors (Lipinski definition) is 1. The standard InChI is InChI=1S/C12H16BrClN2O2S.ClH/c1-8-6-16(7-9(2)15-8)19(17,18)11-5-3-4-10(13)12(11)14;/h3-5,8-9,15H,6-7H2,1-2H3;1H. The van der Waals surface area contributed by atoms with Crippen LogP contribution in [0, 0.1) is 0 Å². The van der Waals surface area contributed by atoms with Gasteiger partial charge in [0, 0.05) is 29.6 Å². The molecule has 1 aromatic carbocycles. The molecule has 0 saturated carbocycles. The summed E-state index contributed by atoms with van der Waals surface area (Å²) in [7, 11) is -3.55. The summed E-state index contributed by atoms with van der Waals surface area (Å²) >= 11 is 9.36. The summed E-state index contributed by atoms with van der Waals surface area (Å²) in [6.45, 7) is 4.85. The molecule has 1 aliphatic heterocycles. The van der Waals surface area contributed by atoms with Crippen LogP contribution in [0.15, 0.2) is 27.6 Å². The van der Waals surface area contributed by atoms with Crippen LogP contribution >= 0.6 is 39.9 Å². The molecule has 114 valence electrons. The largest absolute Gasteiger partial charge is 0.309 e. The molecular formula is C12H17BrCl2N2O2S. The second kappa shape index (κ2) is 6.94. The zero-order chi connectivity index (χ0) is 14.2. The number of nitrogens with zero attached hydrogens (tertiary/aromatic N) is 1. The molecule has 0 amide bonds. The maximum atomic E-state index is 12.6. The predicted molar refractivity (Wildman–Crippen MR) is 87.2 cm³/mol. The molecular weight excluding hydrogens is 387 g/mol. The number of sulfonamides is 1. The minimum atomic E-state index is -3.55. The highest BCUT2D eigenvalue weighted by Crippen LogP contribution is 2.31. The molecule has 4 nitrogen and oxygen atoms in total. The summed E-state index contributed by atoms with van der Waals surface area (Å²) in [5.74, 6) is 0. The Labute approximate surface area is 139 Å². The van der Waals surface area contributed by atoms with Crippen LogP contribution in [0.5, 0.6) is 0 Å². The number of nitrogens with one attached hydrogen (secondary N) is 1. The van der Waals surface area contributed by atoms with Gasteiger partial charge in [0.1, 0.15) is 4.90 Å². The fourth-order valence-electron chi connectivity index (χ4n) is 2.30. The quantitative estimate of drug-likeness (QED) is 0.825. The van der Waals surface area contributed by atoms with Gasteiger partial charge in [-0.2, -0.15) is 4.31 Å². The van der Waals surface area contributed by atoms with Crippen LogP contribution in [0.2, 0.25) is 5.02 Å². The maximum absolute atomic E-state index is 12.6. The van der Waals surface area contributed by atoms with E-state index in [9.17, 15) is 8.42 Å². The highest BCUT2D eigenvalue weighted by atomic mass is 79.9. The van der Waals surface area contributed by atoms with Crippen molar-refractivity contribution in [2.24, 2.45) is 0 Å². The van der Waals surface area contributed by atoms with Gasteiger partial charge >= 0.3 is 0 Å². The lowest BCUT2D eigenvalue weighted by atomic mass is 10.2. The van der Waals surface area contributed by atoms with E-state index in [0.717, 1.165) is 0 Å². The van der Waals surface area contributed by atoms with Crippen LogP contribution in [0.4, 0.5) is 0 Å². The van der Waals surface area contributed by atoms with E-state index in [1.54, 1.807) is 18.2 Å². The molecule has 2 atom stereocenters. The average Bonchev–Trinajstić information content (AvgIpc) is 2.31. The Balaban J connectivity index is 0.00000200. The van der Waals surface area contributed by atoms with Gasteiger partial charge in [-0.05, 0) is 41.9 Å². The van der Waals surface area contributed by atoms with Crippen molar-refractivity contribution in [3.05, 3.63) is 27.7 Å². The van der Waals surface area contributed by atoms with Gasteiger partial charge in [0.15, 0.2) is 0 Å². The second-order valence-corrected chi connectivity index (χ2v) is 7.98. The van der Waals surface area contributed by atoms with Crippen LogP contribution in [-0.2, 0) is 10.0 Å². The van der Waals surface area contributed by atoms with E-state index < -0.39 is 10.0 Å². The summed E-state index contributed by atoms with van der Waals surface area (Å²) in [6.07, 6.45) is 0. The first-order chi connectivity index (χ1) is 8.82. The molecule has 1 heterocycles. The smallest absolute Gasteiger partial charge is 0.244 e. The van der Waals surface area contributed by atoms with Crippen molar-refractivity contribution in [3.8, 4) is 0 Å². The molecule has 1 aliphatic rings. The highest BCUT2D eigenvalue weighted by molar-refractivity contribution is 9.10. The lowest BCUT2D eigenvalue weighted by Gasteiger charge is -2.35. The first-order valence-electron chi connectivity index (χ1n) is 6.02. The van der Waals surface area contributed by atoms with Crippen LogP contribution < -0.4 is 5.32 Å². The van der Waals surface area contributed by atoms with Gasteiger partial charge in [-0.25, -0.2) is 8.42 Å². The van der Waals surface area contributed by atoms with E-state index in [2.05, 4.69) is 21.2 Å². The molecule has 1 aromatic rings. The van der Waals surface area contributed by atoms with E-state index in [1.807, 2.05) is 13.8 Å². The molecule has 0 spiro atoms. The molecule has 0 aromatic heterocycles. The van der Waals surface area contributed by atoms with Crippen molar-refractivity contribution in [1.82, 2.24) is 9.62 Å². The van der Waals surface area contributed by atoms with Crippen molar-refractivity contribution >= 4 is 50.0 Å². The first-order valence-corrected chi connectivity index (χ1v) is 8.63. The van der Waals surface area contributed by atoms with Gasteiger partial charge in [-0.1, -0.05) is 17.7 Å². The van der Waals surface area contributed by atoms with Crippen LogP contribution in [0.1, 0.15) is 13.8 Å². The molecule has 0 aliphatic carbocycles. The molecule has 2 rings (SSSR count). The Bertz CT molecular complexity index is 573. The Kier molecular flexibility index (Phi) is 6.32. The third kappa shape index (κ3) is 3.67. The fraction of sp³-hybridized carbons (Fsp3) is 0.500. The number of benzene rings is 1. The minimum Gasteiger partial charge on any atom is -0.309 e. The molecule has 0 bridgehead atoms. The van der Waals surface area contributed by atoms with E-state index in [-0.39, 0.29) is 34.4 Å². The number of rotatable bonds is 2. The molecule has 2 unspecified atom stereocenters. The lowest BCUT2D eigenvalue weighted by molar-refractivity contribution is 0.263. The third-order valence-electron chi connectivity index (χ3n) is 3.06. The van der Waals surface area contributed by atoms with Crippen molar-refractivity contribution in [3.63, 3.8) is 0 Å². The summed E-state index contributed by atoms with van der Waals surface area (Å²) in [4.78, 5) is 0.157. The van der Waals surface area contributed by atoms with Crippen molar-refractivity contribution in [2.75, 3.05) is 13.1 Å². The van der Waals surface area contributed by atoms with Crippen molar-refractivity contribution < 1.29 is 8.42 Å². The molecule has 0 radical (unpaired) electrons.